The van der Waals surface area contributed by atoms with Gasteiger partial charge in [-0.1, -0.05) is 0 Å². The minimum absolute atomic E-state index is 0.125. The number of aromatic nitrogens is 2. The number of rotatable bonds is 1. The van der Waals surface area contributed by atoms with E-state index >= 15 is 0 Å². The second-order valence-corrected chi connectivity index (χ2v) is 7.25. The molecule has 0 bridgehead atoms. The van der Waals surface area contributed by atoms with Crippen LogP contribution in [0.3, 0.4) is 0 Å². The van der Waals surface area contributed by atoms with Gasteiger partial charge >= 0.3 is 0 Å². The maximum Gasteiger partial charge on any atom is 0.226 e. The van der Waals surface area contributed by atoms with Crippen molar-refractivity contribution in [3.05, 3.63) is 18.0 Å². The molecule has 0 N–H and O–H groups in total. The standard InChI is InChI=1S/C17H26N4O2/c1-19-8-9-20(13-17(19)4-10-23-11-5-17)16(22)14-3-7-21-15(12-14)2-6-18-21/h2,6,14H,3-5,7-13H2,1H3. The number of amides is 1. The zero-order chi connectivity index (χ0) is 15.9. The van der Waals surface area contributed by atoms with Gasteiger partial charge in [0.05, 0.1) is 0 Å². The number of hydrogen-bond donors (Lipinski definition) is 0. The first-order chi connectivity index (χ1) is 11.2. The van der Waals surface area contributed by atoms with Crippen LogP contribution >= 0.6 is 0 Å². The highest BCUT2D eigenvalue weighted by Gasteiger charge is 2.43. The Morgan fingerprint density at radius 3 is 2.96 bits per heavy atom. The molecule has 2 fully saturated rings. The lowest BCUT2D eigenvalue weighted by molar-refractivity contribution is -0.144. The normalized spacial score (nSPS) is 27.9. The molecule has 1 aromatic rings. The molecule has 4 rings (SSSR count). The summed E-state index contributed by atoms with van der Waals surface area (Å²) in [7, 11) is 2.20. The molecule has 3 aliphatic heterocycles. The van der Waals surface area contributed by atoms with Gasteiger partial charge in [-0.3, -0.25) is 14.4 Å². The van der Waals surface area contributed by atoms with Gasteiger partial charge in [-0.15, -0.1) is 0 Å². The number of hydrogen-bond acceptors (Lipinski definition) is 4. The van der Waals surface area contributed by atoms with Crippen molar-refractivity contribution in [1.29, 1.82) is 0 Å². The highest BCUT2D eigenvalue weighted by molar-refractivity contribution is 5.79. The van der Waals surface area contributed by atoms with Gasteiger partial charge in [0.1, 0.15) is 0 Å². The lowest BCUT2D eigenvalue weighted by atomic mass is 9.85. The summed E-state index contributed by atoms with van der Waals surface area (Å²) < 4.78 is 7.58. The molecule has 6 nitrogen and oxygen atoms in total. The van der Waals surface area contributed by atoms with Gasteiger partial charge in [0.15, 0.2) is 0 Å². The number of aryl methyl sites for hydroxylation is 1. The SMILES string of the molecule is CN1CCN(C(=O)C2CCn3nccc3C2)CC12CCOCC2. The fourth-order valence-electron chi connectivity index (χ4n) is 4.38. The van der Waals surface area contributed by atoms with Crippen LogP contribution in [0, 0.1) is 5.92 Å². The molecule has 126 valence electrons. The molecule has 4 heterocycles. The molecule has 0 saturated carbocycles. The second-order valence-electron chi connectivity index (χ2n) is 7.25. The third-order valence-electron chi connectivity index (χ3n) is 6.03. The Bertz CT molecular complexity index is 579. The van der Waals surface area contributed by atoms with Crippen LogP contribution in [0.2, 0.25) is 0 Å². The van der Waals surface area contributed by atoms with Gasteiger partial charge < -0.3 is 9.64 Å². The highest BCUT2D eigenvalue weighted by Crippen LogP contribution is 2.32. The van der Waals surface area contributed by atoms with Crippen LogP contribution in [0.15, 0.2) is 12.3 Å². The minimum Gasteiger partial charge on any atom is -0.381 e. The summed E-state index contributed by atoms with van der Waals surface area (Å²) in [5.74, 6) is 0.468. The predicted octanol–water partition coefficient (Wildman–Crippen LogP) is 0.769. The summed E-state index contributed by atoms with van der Waals surface area (Å²) in [4.78, 5) is 17.6. The topological polar surface area (TPSA) is 50.6 Å². The average molecular weight is 318 g/mol. The highest BCUT2D eigenvalue weighted by atomic mass is 16.5. The van der Waals surface area contributed by atoms with Crippen LogP contribution in [0.1, 0.15) is 25.0 Å². The van der Waals surface area contributed by atoms with Crippen molar-refractivity contribution in [1.82, 2.24) is 19.6 Å². The van der Waals surface area contributed by atoms with Crippen molar-refractivity contribution < 1.29 is 9.53 Å². The van der Waals surface area contributed by atoms with Crippen molar-refractivity contribution in [2.24, 2.45) is 5.92 Å². The van der Waals surface area contributed by atoms with E-state index in [4.69, 9.17) is 4.74 Å². The first-order valence-corrected chi connectivity index (χ1v) is 8.76. The van der Waals surface area contributed by atoms with E-state index in [1.807, 2.05) is 16.9 Å². The first-order valence-electron chi connectivity index (χ1n) is 8.76. The largest absolute Gasteiger partial charge is 0.381 e. The molecule has 6 heteroatoms. The van der Waals surface area contributed by atoms with Crippen LogP contribution in [-0.4, -0.2) is 70.9 Å². The summed E-state index contributed by atoms with van der Waals surface area (Å²) in [6.45, 7) is 5.18. The van der Waals surface area contributed by atoms with E-state index in [0.29, 0.717) is 5.91 Å². The molecular formula is C17H26N4O2. The molecule has 0 aromatic carbocycles. The number of fused-ring (bicyclic) bond motifs is 1. The fraction of sp³-hybridized carbons (Fsp3) is 0.765. The fourth-order valence-corrected chi connectivity index (χ4v) is 4.38. The lowest BCUT2D eigenvalue weighted by Gasteiger charge is -2.51. The lowest BCUT2D eigenvalue weighted by Crippen LogP contribution is -2.64. The number of likely N-dealkylation sites (N-methyl/N-ethyl adjacent to an activating group) is 1. The van der Waals surface area contributed by atoms with Crippen LogP contribution in [0.25, 0.3) is 0 Å². The maximum atomic E-state index is 13.1. The molecule has 2 saturated heterocycles. The molecule has 1 aromatic heterocycles. The van der Waals surface area contributed by atoms with Crippen LogP contribution < -0.4 is 0 Å². The van der Waals surface area contributed by atoms with Gasteiger partial charge in [-0.2, -0.15) is 5.10 Å². The van der Waals surface area contributed by atoms with E-state index in [2.05, 4.69) is 21.9 Å². The summed E-state index contributed by atoms with van der Waals surface area (Å²) in [6.07, 6.45) is 5.65. The van der Waals surface area contributed by atoms with Gasteiger partial charge in [0.2, 0.25) is 5.91 Å². The molecule has 23 heavy (non-hydrogen) atoms. The van der Waals surface area contributed by atoms with E-state index in [9.17, 15) is 4.79 Å². The molecule has 3 aliphatic rings. The molecule has 1 atom stereocenters. The monoisotopic (exact) mass is 318 g/mol. The molecule has 1 unspecified atom stereocenters. The zero-order valence-electron chi connectivity index (χ0n) is 13.9. The number of carbonyl (C=O) groups excluding carboxylic acids is 1. The van der Waals surface area contributed by atoms with Gasteiger partial charge in [-0.05, 0) is 32.4 Å². The Hall–Kier alpha value is -1.40. The van der Waals surface area contributed by atoms with Crippen LogP contribution in [-0.2, 0) is 22.5 Å². The van der Waals surface area contributed by atoms with E-state index in [1.54, 1.807) is 0 Å². The summed E-state index contributed by atoms with van der Waals surface area (Å²) in [5.41, 5.74) is 1.33. The summed E-state index contributed by atoms with van der Waals surface area (Å²) in [6, 6.07) is 2.05. The molecule has 1 amide bonds. The van der Waals surface area contributed by atoms with Gasteiger partial charge in [-0.25, -0.2) is 0 Å². The van der Waals surface area contributed by atoms with Crippen molar-refractivity contribution >= 4 is 5.91 Å². The second kappa shape index (κ2) is 5.91. The number of carbonyl (C=O) groups is 1. The minimum atomic E-state index is 0.125. The number of nitrogens with zero attached hydrogens (tertiary/aromatic N) is 4. The molecule has 1 spiro atoms. The molecule has 0 radical (unpaired) electrons. The maximum absolute atomic E-state index is 13.1. The van der Waals surface area contributed by atoms with Gasteiger partial charge in [0.25, 0.3) is 0 Å². The van der Waals surface area contributed by atoms with Crippen molar-refractivity contribution in [2.45, 2.75) is 37.8 Å². The third-order valence-corrected chi connectivity index (χ3v) is 6.03. The van der Waals surface area contributed by atoms with E-state index in [0.717, 1.165) is 65.1 Å². The average Bonchev–Trinajstić information content (AvgIpc) is 3.05. The number of ether oxygens (including phenoxy) is 1. The van der Waals surface area contributed by atoms with E-state index < -0.39 is 0 Å². The Kier molecular flexibility index (Phi) is 3.89. The quantitative estimate of drug-likeness (QED) is 0.767. The van der Waals surface area contributed by atoms with E-state index in [-0.39, 0.29) is 11.5 Å². The van der Waals surface area contributed by atoms with Gasteiger partial charge in [0, 0.05) is 69.2 Å². The Labute approximate surface area is 137 Å². The first kappa shape index (κ1) is 15.1. The smallest absolute Gasteiger partial charge is 0.226 e. The van der Waals surface area contributed by atoms with Crippen LogP contribution in [0.4, 0.5) is 0 Å². The summed E-state index contributed by atoms with van der Waals surface area (Å²) in [5, 5.41) is 4.31. The molecular weight excluding hydrogens is 292 g/mol. The third kappa shape index (κ3) is 2.68. The zero-order valence-corrected chi connectivity index (χ0v) is 13.9. The number of piperazine rings is 1. The van der Waals surface area contributed by atoms with Crippen molar-refractivity contribution in [3.63, 3.8) is 0 Å². The van der Waals surface area contributed by atoms with Crippen LogP contribution in [0.5, 0.6) is 0 Å². The van der Waals surface area contributed by atoms with Crippen molar-refractivity contribution in [3.8, 4) is 0 Å². The van der Waals surface area contributed by atoms with E-state index in [1.165, 1.54) is 5.69 Å². The molecule has 0 aliphatic carbocycles. The van der Waals surface area contributed by atoms with Crippen molar-refractivity contribution in [2.75, 3.05) is 39.9 Å². The summed E-state index contributed by atoms with van der Waals surface area (Å²) >= 11 is 0. The Morgan fingerprint density at radius 2 is 2.13 bits per heavy atom. The Morgan fingerprint density at radius 1 is 1.30 bits per heavy atom. The Balaban J connectivity index is 1.46. The predicted molar refractivity (Wildman–Crippen MR) is 86.0 cm³/mol.